The predicted octanol–water partition coefficient (Wildman–Crippen LogP) is 1.13. The average Bonchev–Trinajstić information content (AvgIpc) is 2.27. The first-order valence-corrected chi connectivity index (χ1v) is 5.18. The molecule has 1 atom stereocenters. The molecule has 3 heteroatoms. The van der Waals surface area contributed by atoms with Gasteiger partial charge in [-0.05, 0) is 18.4 Å². The van der Waals surface area contributed by atoms with Crippen LogP contribution < -0.4 is 0 Å². The van der Waals surface area contributed by atoms with Gasteiger partial charge in [0, 0.05) is 13.6 Å². The number of nitrogens with zero attached hydrogens (tertiary/aromatic N) is 1. The number of likely N-dealkylation sites (N-methyl/N-ethyl adjacent to an activating group) is 1. The van der Waals surface area contributed by atoms with Gasteiger partial charge in [0.2, 0.25) is 0 Å². The first-order chi connectivity index (χ1) is 7.14. The summed E-state index contributed by atoms with van der Waals surface area (Å²) in [7, 11) is 1.73. The minimum Gasteiger partial charge on any atom is -0.375 e. The van der Waals surface area contributed by atoms with Crippen molar-refractivity contribution in [2.24, 2.45) is 0 Å². The Kier molecular flexibility index (Phi) is 2.49. The van der Waals surface area contributed by atoms with Crippen LogP contribution in [0.5, 0.6) is 0 Å². The van der Waals surface area contributed by atoms with Crippen LogP contribution in [0.4, 0.5) is 0 Å². The summed E-state index contributed by atoms with van der Waals surface area (Å²) < 4.78 is 0. The van der Waals surface area contributed by atoms with Gasteiger partial charge in [0.05, 0.1) is 0 Å². The van der Waals surface area contributed by atoms with Crippen LogP contribution >= 0.6 is 0 Å². The highest BCUT2D eigenvalue weighted by molar-refractivity contribution is 5.86. The molecule has 1 aliphatic heterocycles. The van der Waals surface area contributed by atoms with Crippen molar-refractivity contribution in [1.29, 1.82) is 0 Å². The topological polar surface area (TPSA) is 40.5 Å². The van der Waals surface area contributed by atoms with E-state index in [9.17, 15) is 9.90 Å². The molecule has 1 unspecified atom stereocenters. The fourth-order valence-electron chi connectivity index (χ4n) is 2.08. The molecule has 3 nitrogen and oxygen atoms in total. The Hall–Kier alpha value is -1.35. The zero-order valence-corrected chi connectivity index (χ0v) is 8.81. The van der Waals surface area contributed by atoms with Gasteiger partial charge in [-0.2, -0.15) is 0 Å². The van der Waals surface area contributed by atoms with Crippen LogP contribution in [0.1, 0.15) is 18.4 Å². The molecule has 1 aliphatic rings. The van der Waals surface area contributed by atoms with E-state index in [1.165, 1.54) is 0 Å². The number of hydrogen-bond donors (Lipinski definition) is 1. The molecular weight excluding hydrogens is 190 g/mol. The number of amides is 1. The summed E-state index contributed by atoms with van der Waals surface area (Å²) in [6, 6.07) is 9.17. The van der Waals surface area contributed by atoms with Crippen LogP contribution in [-0.2, 0) is 10.4 Å². The maximum Gasteiger partial charge on any atom is 0.258 e. The molecule has 1 amide bonds. The molecule has 1 saturated heterocycles. The van der Waals surface area contributed by atoms with E-state index in [0.29, 0.717) is 12.0 Å². The van der Waals surface area contributed by atoms with Gasteiger partial charge in [-0.3, -0.25) is 4.79 Å². The number of aliphatic hydroxyl groups is 1. The second kappa shape index (κ2) is 3.66. The van der Waals surface area contributed by atoms with Crippen molar-refractivity contribution in [3.8, 4) is 0 Å². The third-order valence-electron chi connectivity index (χ3n) is 2.98. The molecule has 1 N–H and O–H groups in total. The Morgan fingerprint density at radius 3 is 2.67 bits per heavy atom. The van der Waals surface area contributed by atoms with E-state index in [1.54, 1.807) is 24.1 Å². The lowest BCUT2D eigenvalue weighted by atomic mass is 9.85. The summed E-state index contributed by atoms with van der Waals surface area (Å²) in [5.74, 6) is -0.194. The van der Waals surface area contributed by atoms with Crippen molar-refractivity contribution in [3.63, 3.8) is 0 Å². The fraction of sp³-hybridized carbons (Fsp3) is 0.417. The molecule has 15 heavy (non-hydrogen) atoms. The van der Waals surface area contributed by atoms with E-state index in [1.807, 2.05) is 18.2 Å². The van der Waals surface area contributed by atoms with Crippen LogP contribution in [0, 0.1) is 0 Å². The third kappa shape index (κ3) is 1.63. The highest BCUT2D eigenvalue weighted by atomic mass is 16.3. The van der Waals surface area contributed by atoms with E-state index in [0.717, 1.165) is 13.0 Å². The number of hydrogen-bond acceptors (Lipinski definition) is 2. The summed E-state index contributed by atoms with van der Waals surface area (Å²) in [5, 5.41) is 10.4. The van der Waals surface area contributed by atoms with Crippen molar-refractivity contribution in [2.45, 2.75) is 18.4 Å². The zero-order valence-electron chi connectivity index (χ0n) is 8.81. The molecule has 1 fully saturated rings. The van der Waals surface area contributed by atoms with E-state index in [2.05, 4.69) is 0 Å². The van der Waals surface area contributed by atoms with Crippen LogP contribution in [0.3, 0.4) is 0 Å². The van der Waals surface area contributed by atoms with Gasteiger partial charge in [-0.1, -0.05) is 30.3 Å². The summed E-state index contributed by atoms with van der Waals surface area (Å²) in [6.07, 6.45) is 1.35. The lowest BCUT2D eigenvalue weighted by Crippen LogP contribution is -2.49. The zero-order chi connectivity index (χ0) is 10.9. The molecule has 0 aliphatic carbocycles. The van der Waals surface area contributed by atoms with Crippen LogP contribution in [0.25, 0.3) is 0 Å². The first-order valence-electron chi connectivity index (χ1n) is 5.18. The van der Waals surface area contributed by atoms with Gasteiger partial charge < -0.3 is 10.0 Å². The van der Waals surface area contributed by atoms with Crippen LogP contribution in [0.15, 0.2) is 30.3 Å². The number of carbonyl (C=O) groups is 1. The Bertz CT molecular complexity index is 363. The van der Waals surface area contributed by atoms with Gasteiger partial charge in [0.25, 0.3) is 5.91 Å². The van der Waals surface area contributed by atoms with Crippen molar-refractivity contribution in [1.82, 2.24) is 4.90 Å². The van der Waals surface area contributed by atoms with Gasteiger partial charge >= 0.3 is 0 Å². The lowest BCUT2D eigenvalue weighted by molar-refractivity contribution is -0.156. The Balaban J connectivity index is 2.37. The number of piperidine rings is 1. The van der Waals surface area contributed by atoms with E-state index >= 15 is 0 Å². The van der Waals surface area contributed by atoms with Crippen molar-refractivity contribution in [2.75, 3.05) is 13.6 Å². The van der Waals surface area contributed by atoms with E-state index in [4.69, 9.17) is 0 Å². The van der Waals surface area contributed by atoms with Gasteiger partial charge in [-0.15, -0.1) is 0 Å². The Morgan fingerprint density at radius 1 is 1.33 bits per heavy atom. The van der Waals surface area contributed by atoms with Crippen LogP contribution in [0.2, 0.25) is 0 Å². The molecule has 0 radical (unpaired) electrons. The van der Waals surface area contributed by atoms with Crippen molar-refractivity contribution in [3.05, 3.63) is 35.9 Å². The minimum atomic E-state index is -1.31. The molecule has 0 spiro atoms. The predicted molar refractivity (Wildman–Crippen MR) is 57.2 cm³/mol. The summed E-state index contributed by atoms with van der Waals surface area (Å²) in [6.45, 7) is 0.730. The molecule has 0 bridgehead atoms. The third-order valence-corrected chi connectivity index (χ3v) is 2.98. The number of likely N-dealkylation sites (tertiary alicyclic amines) is 1. The number of rotatable bonds is 1. The molecule has 1 aromatic carbocycles. The van der Waals surface area contributed by atoms with E-state index < -0.39 is 5.60 Å². The number of benzene rings is 1. The standard InChI is InChI=1S/C12H15NO2/c1-13-9-5-8-12(15,11(13)14)10-6-3-2-4-7-10/h2-4,6-7,15H,5,8-9H2,1H3. The summed E-state index contributed by atoms with van der Waals surface area (Å²) >= 11 is 0. The monoisotopic (exact) mass is 205 g/mol. The molecule has 1 aromatic rings. The second-order valence-electron chi connectivity index (χ2n) is 4.06. The minimum absolute atomic E-state index is 0.194. The fourth-order valence-corrected chi connectivity index (χ4v) is 2.08. The second-order valence-corrected chi connectivity index (χ2v) is 4.06. The molecule has 0 saturated carbocycles. The maximum absolute atomic E-state index is 11.9. The van der Waals surface area contributed by atoms with E-state index in [-0.39, 0.29) is 5.91 Å². The van der Waals surface area contributed by atoms with Crippen molar-refractivity contribution >= 4 is 5.91 Å². The smallest absolute Gasteiger partial charge is 0.258 e. The molecule has 1 heterocycles. The highest BCUT2D eigenvalue weighted by Crippen LogP contribution is 2.31. The SMILES string of the molecule is CN1CCCC(O)(c2ccccc2)C1=O. The normalized spacial score (nSPS) is 26.8. The molecule has 2 rings (SSSR count). The van der Waals surface area contributed by atoms with Gasteiger partial charge in [0.1, 0.15) is 0 Å². The van der Waals surface area contributed by atoms with Crippen LogP contribution in [-0.4, -0.2) is 29.5 Å². The largest absolute Gasteiger partial charge is 0.375 e. The first kappa shape index (κ1) is 10.2. The lowest BCUT2D eigenvalue weighted by Gasteiger charge is -2.36. The van der Waals surface area contributed by atoms with Gasteiger partial charge in [0.15, 0.2) is 5.60 Å². The summed E-state index contributed by atoms with van der Waals surface area (Å²) in [4.78, 5) is 13.5. The summed E-state index contributed by atoms with van der Waals surface area (Å²) in [5.41, 5.74) is -0.615. The maximum atomic E-state index is 11.9. The van der Waals surface area contributed by atoms with Crippen molar-refractivity contribution < 1.29 is 9.90 Å². The Morgan fingerprint density at radius 2 is 2.00 bits per heavy atom. The quantitative estimate of drug-likeness (QED) is 0.746. The highest BCUT2D eigenvalue weighted by Gasteiger charge is 2.42. The van der Waals surface area contributed by atoms with Gasteiger partial charge in [-0.25, -0.2) is 0 Å². The molecule has 0 aromatic heterocycles. The molecular formula is C12H15NO2. The molecule has 80 valence electrons. The average molecular weight is 205 g/mol. The number of carbonyl (C=O) groups excluding carboxylic acids is 1. The Labute approximate surface area is 89.3 Å².